The molecular weight excluding hydrogens is 425 g/mol. The molecule has 0 bridgehead atoms. The molecule has 9 nitrogen and oxygen atoms in total. The minimum atomic E-state index is -1.34. The summed E-state index contributed by atoms with van der Waals surface area (Å²) < 4.78 is 24.7. The van der Waals surface area contributed by atoms with Crippen LogP contribution in [-0.4, -0.2) is 28.8 Å². The lowest BCUT2D eigenvalue weighted by atomic mass is 9.97. The summed E-state index contributed by atoms with van der Waals surface area (Å²) in [6.45, 7) is 4.65. The van der Waals surface area contributed by atoms with Crippen LogP contribution in [0.3, 0.4) is 0 Å². The van der Waals surface area contributed by atoms with Gasteiger partial charge in [0.1, 0.15) is 5.56 Å². The number of imide groups is 1. The summed E-state index contributed by atoms with van der Waals surface area (Å²) in [6, 6.07) is 2.05. The third kappa shape index (κ3) is 3.90. The quantitative estimate of drug-likeness (QED) is 0.310. The van der Waals surface area contributed by atoms with Crippen LogP contribution >= 0.6 is 11.6 Å². The molecule has 30 heavy (non-hydrogen) atoms. The van der Waals surface area contributed by atoms with E-state index >= 15 is 0 Å². The first kappa shape index (κ1) is 21.4. The summed E-state index contributed by atoms with van der Waals surface area (Å²) in [5, 5.41) is -0.163. The van der Waals surface area contributed by atoms with E-state index < -0.39 is 57.5 Å². The van der Waals surface area contributed by atoms with Crippen molar-refractivity contribution in [3.8, 4) is 5.75 Å². The molecule has 0 unspecified atom stereocenters. The summed E-state index contributed by atoms with van der Waals surface area (Å²) >= 11 is 6.00. The summed E-state index contributed by atoms with van der Waals surface area (Å²) in [4.78, 5) is 64.2. The van der Waals surface area contributed by atoms with Crippen LogP contribution in [0.1, 0.15) is 44.0 Å². The van der Waals surface area contributed by atoms with Crippen molar-refractivity contribution in [2.45, 2.75) is 33.6 Å². The van der Waals surface area contributed by atoms with Crippen molar-refractivity contribution in [3.63, 3.8) is 0 Å². The molecule has 1 saturated heterocycles. The van der Waals surface area contributed by atoms with Crippen LogP contribution < -0.4 is 10.4 Å². The van der Waals surface area contributed by atoms with E-state index in [-0.39, 0.29) is 28.3 Å². The van der Waals surface area contributed by atoms with E-state index in [1.807, 2.05) is 0 Å². The molecule has 11 heteroatoms. The summed E-state index contributed by atoms with van der Waals surface area (Å²) in [5.41, 5.74) is -3.54. The lowest BCUT2D eigenvalue weighted by Crippen LogP contribution is -2.33. The predicted octanol–water partition coefficient (Wildman–Crippen LogP) is 2.76. The summed E-state index contributed by atoms with van der Waals surface area (Å²) in [6.07, 6.45) is -0.259. The van der Waals surface area contributed by atoms with Crippen LogP contribution in [0.25, 0.3) is 11.0 Å². The second-order valence-electron chi connectivity index (χ2n) is 7.47. The monoisotopic (exact) mass is 439 g/mol. The van der Waals surface area contributed by atoms with E-state index in [0.717, 1.165) is 12.1 Å². The molecule has 1 aliphatic heterocycles. The van der Waals surface area contributed by atoms with Crippen LogP contribution in [0.5, 0.6) is 5.75 Å². The van der Waals surface area contributed by atoms with Gasteiger partial charge in [-0.2, -0.15) is 4.39 Å². The van der Waals surface area contributed by atoms with Gasteiger partial charge in [-0.25, -0.2) is 9.59 Å². The molecule has 0 N–H and O–H groups in total. The van der Waals surface area contributed by atoms with Crippen molar-refractivity contribution in [1.29, 1.82) is 0 Å². The van der Waals surface area contributed by atoms with E-state index in [1.165, 1.54) is 0 Å². The zero-order valence-corrected chi connectivity index (χ0v) is 16.8. The third-order valence-corrected chi connectivity index (χ3v) is 4.36. The van der Waals surface area contributed by atoms with Gasteiger partial charge in [0.25, 0.3) is 11.8 Å². The van der Waals surface area contributed by atoms with Gasteiger partial charge in [0.2, 0.25) is 5.82 Å². The lowest BCUT2D eigenvalue weighted by Gasteiger charge is -2.17. The Kier molecular flexibility index (Phi) is 5.38. The number of halogens is 2. The molecule has 1 aromatic heterocycles. The molecule has 0 atom stereocenters. The predicted molar refractivity (Wildman–Crippen MR) is 99.0 cm³/mol. The topological polar surface area (TPSA) is 120 Å². The minimum Gasteiger partial charge on any atom is -0.421 e. The Hall–Kier alpha value is -3.27. The molecule has 158 valence electrons. The smallest absolute Gasteiger partial charge is 0.371 e. The first-order valence-electron chi connectivity index (χ1n) is 8.66. The fraction of sp³-hybridized carbons (Fsp3) is 0.316. The van der Waals surface area contributed by atoms with E-state index in [1.54, 1.807) is 20.8 Å². The maximum absolute atomic E-state index is 14.8. The summed E-state index contributed by atoms with van der Waals surface area (Å²) in [5.74, 6) is -5.43. The van der Waals surface area contributed by atoms with Gasteiger partial charge in [0.15, 0.2) is 11.3 Å². The van der Waals surface area contributed by atoms with Crippen LogP contribution in [0.2, 0.25) is 5.02 Å². The zero-order chi connectivity index (χ0) is 22.4. The number of amides is 2. The zero-order valence-electron chi connectivity index (χ0n) is 16.0. The molecule has 2 heterocycles. The molecule has 1 aromatic carbocycles. The van der Waals surface area contributed by atoms with Crippen molar-refractivity contribution < 1.29 is 37.6 Å². The molecule has 1 fully saturated rings. The number of carbonyl (C=O) groups is 4. The molecule has 3 rings (SSSR count). The maximum Gasteiger partial charge on any atom is 0.371 e. The number of esters is 1. The SMILES string of the molecule is CC(C)(C)C(=O)Oc1c(Cl)cc2cc(C(=O)ON3C(=O)CCC3=O)c(=O)oc2c1F. The highest BCUT2D eigenvalue weighted by Crippen LogP contribution is 2.35. The average molecular weight is 440 g/mol. The van der Waals surface area contributed by atoms with E-state index in [4.69, 9.17) is 20.8 Å². The largest absolute Gasteiger partial charge is 0.421 e. The van der Waals surface area contributed by atoms with E-state index in [9.17, 15) is 28.4 Å². The number of hydroxylamine groups is 2. The average Bonchev–Trinajstić information content (AvgIpc) is 2.96. The second-order valence-corrected chi connectivity index (χ2v) is 7.87. The van der Waals surface area contributed by atoms with Crippen LogP contribution in [0.4, 0.5) is 4.39 Å². The Morgan fingerprint density at radius 3 is 2.30 bits per heavy atom. The molecular formula is C19H15ClFNO8. The Morgan fingerprint density at radius 1 is 1.13 bits per heavy atom. The Labute approximate surface area is 173 Å². The number of benzene rings is 1. The second kappa shape index (κ2) is 7.52. The van der Waals surface area contributed by atoms with Crippen molar-refractivity contribution in [2.75, 3.05) is 0 Å². The highest BCUT2D eigenvalue weighted by Gasteiger charge is 2.34. The first-order chi connectivity index (χ1) is 13.9. The molecule has 0 radical (unpaired) electrons. The number of hydrogen-bond donors (Lipinski definition) is 0. The first-order valence-corrected chi connectivity index (χ1v) is 9.04. The summed E-state index contributed by atoms with van der Waals surface area (Å²) in [7, 11) is 0. The van der Waals surface area contributed by atoms with Gasteiger partial charge >= 0.3 is 17.6 Å². The molecule has 0 saturated carbocycles. The van der Waals surface area contributed by atoms with Gasteiger partial charge in [0.05, 0.1) is 10.4 Å². The third-order valence-electron chi connectivity index (χ3n) is 4.08. The highest BCUT2D eigenvalue weighted by atomic mass is 35.5. The highest BCUT2D eigenvalue weighted by molar-refractivity contribution is 6.33. The number of rotatable bonds is 3. The number of hydrogen-bond acceptors (Lipinski definition) is 8. The van der Waals surface area contributed by atoms with Crippen molar-refractivity contribution in [1.82, 2.24) is 5.06 Å². The normalized spacial score (nSPS) is 14.4. The van der Waals surface area contributed by atoms with Gasteiger partial charge in [-0.3, -0.25) is 14.4 Å². The minimum absolute atomic E-state index is 0.112. The van der Waals surface area contributed by atoms with Gasteiger partial charge in [-0.1, -0.05) is 11.6 Å². The van der Waals surface area contributed by atoms with E-state index in [0.29, 0.717) is 0 Å². The molecule has 0 spiro atoms. The lowest BCUT2D eigenvalue weighted by molar-refractivity contribution is -0.172. The number of carbonyl (C=O) groups excluding carboxylic acids is 4. The van der Waals surface area contributed by atoms with Crippen LogP contribution in [0.15, 0.2) is 21.3 Å². The van der Waals surface area contributed by atoms with Gasteiger partial charge in [0, 0.05) is 18.2 Å². The number of fused-ring (bicyclic) bond motifs is 1. The van der Waals surface area contributed by atoms with Crippen LogP contribution in [-0.2, 0) is 19.2 Å². The van der Waals surface area contributed by atoms with E-state index in [2.05, 4.69) is 4.84 Å². The standard InChI is InChI=1S/C19H15ClFNO8/c1-19(2,3)18(27)29-15-10(20)7-8-6-9(16(25)28-14(8)13(15)21)17(26)30-22-11(23)4-5-12(22)24/h6-7H,4-5H2,1-3H3. The van der Waals surface area contributed by atoms with Gasteiger partial charge in [-0.15, -0.1) is 5.06 Å². The Bertz CT molecular complexity index is 1150. The van der Waals surface area contributed by atoms with Gasteiger partial charge < -0.3 is 14.0 Å². The van der Waals surface area contributed by atoms with Crippen molar-refractivity contribution in [3.05, 3.63) is 39.0 Å². The van der Waals surface area contributed by atoms with Crippen LogP contribution in [0, 0.1) is 11.2 Å². The Balaban J connectivity index is 2.00. The molecule has 0 aliphatic carbocycles. The number of nitrogens with zero attached hydrogens (tertiary/aromatic N) is 1. The fourth-order valence-corrected chi connectivity index (χ4v) is 2.69. The molecule has 2 amide bonds. The van der Waals surface area contributed by atoms with Crippen molar-refractivity contribution >= 4 is 46.3 Å². The van der Waals surface area contributed by atoms with Crippen molar-refractivity contribution in [2.24, 2.45) is 5.41 Å². The fourth-order valence-electron chi connectivity index (χ4n) is 2.45. The van der Waals surface area contributed by atoms with Gasteiger partial charge in [-0.05, 0) is 32.9 Å². The maximum atomic E-state index is 14.8. The molecule has 1 aliphatic rings. The molecule has 2 aromatic rings. The number of ether oxygens (including phenoxy) is 1. The Morgan fingerprint density at radius 2 is 1.73 bits per heavy atom.